The molecule has 1 saturated heterocycles. The van der Waals surface area contributed by atoms with Gasteiger partial charge in [0.25, 0.3) is 5.91 Å². The lowest BCUT2D eigenvalue weighted by molar-refractivity contribution is 0.0728. The van der Waals surface area contributed by atoms with E-state index in [0.29, 0.717) is 22.9 Å². The van der Waals surface area contributed by atoms with Gasteiger partial charge in [-0.2, -0.15) is 0 Å². The molecule has 3 rings (SSSR count). The number of hydrogen-bond donors (Lipinski definition) is 0. The van der Waals surface area contributed by atoms with Crippen LogP contribution in [0.1, 0.15) is 40.2 Å². The normalized spacial score (nSPS) is 17.9. The highest BCUT2D eigenvalue weighted by molar-refractivity contribution is 5.95. The van der Waals surface area contributed by atoms with Gasteiger partial charge in [-0.3, -0.25) is 4.79 Å². The maximum Gasteiger partial charge on any atom is 0.259 e. The van der Waals surface area contributed by atoms with Crippen LogP contribution in [0.15, 0.2) is 28.8 Å². The summed E-state index contributed by atoms with van der Waals surface area (Å²) in [7, 11) is 1.85. The van der Waals surface area contributed by atoms with Gasteiger partial charge in [-0.05, 0) is 63.3 Å². The summed E-state index contributed by atoms with van der Waals surface area (Å²) in [4.78, 5) is 17.0. The van der Waals surface area contributed by atoms with Crippen LogP contribution in [-0.4, -0.2) is 54.1 Å². The summed E-state index contributed by atoms with van der Waals surface area (Å²) in [5.74, 6) is 0.827. The quantitative estimate of drug-likeness (QED) is 0.778. The molecule has 1 aliphatic rings. The topological polar surface area (TPSA) is 49.6 Å². The fourth-order valence-corrected chi connectivity index (χ4v) is 3.89. The number of aryl methyl sites for hydroxylation is 2. The largest absolute Gasteiger partial charge is 0.361 e. The summed E-state index contributed by atoms with van der Waals surface area (Å²) in [5.41, 5.74) is 2.39. The summed E-state index contributed by atoms with van der Waals surface area (Å²) in [6.07, 6.45) is 3.19. The first kappa shape index (κ1) is 19.5. The van der Waals surface area contributed by atoms with Crippen LogP contribution >= 0.6 is 0 Å². The fourth-order valence-electron chi connectivity index (χ4n) is 3.89. The molecule has 5 nitrogen and oxygen atoms in total. The van der Waals surface area contributed by atoms with Crippen molar-refractivity contribution in [2.24, 2.45) is 5.92 Å². The molecule has 0 radical (unpaired) electrons. The number of likely N-dealkylation sites (tertiary alicyclic amines) is 1. The Bertz CT molecular complexity index is 753. The third-order valence-electron chi connectivity index (χ3n) is 5.36. The van der Waals surface area contributed by atoms with Gasteiger partial charge in [0.05, 0.1) is 5.69 Å². The molecule has 0 N–H and O–H groups in total. The van der Waals surface area contributed by atoms with E-state index < -0.39 is 0 Å². The van der Waals surface area contributed by atoms with Crippen molar-refractivity contribution in [1.82, 2.24) is 15.0 Å². The first-order valence-corrected chi connectivity index (χ1v) is 9.59. The molecule has 1 amide bonds. The van der Waals surface area contributed by atoms with E-state index in [9.17, 15) is 9.18 Å². The van der Waals surface area contributed by atoms with Gasteiger partial charge < -0.3 is 14.3 Å². The highest BCUT2D eigenvalue weighted by Crippen LogP contribution is 2.20. The molecule has 2 aromatic rings. The fraction of sp³-hybridized carbons (Fsp3) is 0.524. The maximum atomic E-state index is 13.0. The van der Waals surface area contributed by atoms with Crippen molar-refractivity contribution in [3.8, 4) is 0 Å². The molecule has 0 spiro atoms. The molecule has 0 saturated carbocycles. The minimum atomic E-state index is -0.192. The maximum absolute atomic E-state index is 13.0. The molecule has 1 aromatic heterocycles. The van der Waals surface area contributed by atoms with Gasteiger partial charge in [-0.25, -0.2) is 4.39 Å². The number of piperidine rings is 1. The van der Waals surface area contributed by atoms with Gasteiger partial charge in [-0.15, -0.1) is 0 Å². The van der Waals surface area contributed by atoms with Crippen LogP contribution in [0.25, 0.3) is 0 Å². The van der Waals surface area contributed by atoms with Crippen molar-refractivity contribution in [2.75, 3.05) is 33.2 Å². The van der Waals surface area contributed by atoms with Gasteiger partial charge in [-0.1, -0.05) is 17.3 Å². The SMILES string of the molecule is Cc1noc(C)c1C(=O)N(C)CC1CCCN(CCc2ccc(F)cc2)C1. The van der Waals surface area contributed by atoms with E-state index in [-0.39, 0.29) is 11.7 Å². The Kier molecular flexibility index (Phi) is 6.26. The summed E-state index contributed by atoms with van der Waals surface area (Å²) in [5, 5.41) is 3.88. The lowest BCUT2D eigenvalue weighted by Gasteiger charge is -2.34. The van der Waals surface area contributed by atoms with Crippen molar-refractivity contribution in [3.05, 3.63) is 52.7 Å². The standard InChI is InChI=1S/C21H28FN3O2/c1-15-20(16(2)27-23-15)21(26)24(3)13-18-5-4-11-25(14-18)12-10-17-6-8-19(22)9-7-17/h6-9,18H,4-5,10-14H2,1-3H3. The van der Waals surface area contributed by atoms with Crippen molar-refractivity contribution in [1.29, 1.82) is 0 Å². The van der Waals surface area contributed by atoms with Gasteiger partial charge in [0.15, 0.2) is 0 Å². The van der Waals surface area contributed by atoms with E-state index in [4.69, 9.17) is 4.52 Å². The van der Waals surface area contributed by atoms with E-state index in [0.717, 1.165) is 51.0 Å². The molecule has 27 heavy (non-hydrogen) atoms. The van der Waals surface area contributed by atoms with E-state index in [1.807, 2.05) is 19.2 Å². The van der Waals surface area contributed by atoms with Crippen LogP contribution in [0.4, 0.5) is 4.39 Å². The Morgan fingerprint density at radius 3 is 2.74 bits per heavy atom. The predicted molar refractivity (Wildman–Crippen MR) is 102 cm³/mol. The van der Waals surface area contributed by atoms with E-state index >= 15 is 0 Å². The average molecular weight is 373 g/mol. The second-order valence-electron chi connectivity index (χ2n) is 7.57. The number of nitrogens with zero attached hydrogens (tertiary/aromatic N) is 3. The summed E-state index contributed by atoms with van der Waals surface area (Å²) >= 11 is 0. The van der Waals surface area contributed by atoms with Crippen molar-refractivity contribution >= 4 is 5.91 Å². The number of carbonyl (C=O) groups is 1. The van der Waals surface area contributed by atoms with Crippen molar-refractivity contribution < 1.29 is 13.7 Å². The molecule has 6 heteroatoms. The minimum absolute atomic E-state index is 0.0188. The molecule has 0 bridgehead atoms. The monoisotopic (exact) mass is 373 g/mol. The number of halogens is 1. The third-order valence-corrected chi connectivity index (χ3v) is 5.36. The van der Waals surface area contributed by atoms with Gasteiger partial charge in [0.2, 0.25) is 0 Å². The first-order valence-electron chi connectivity index (χ1n) is 9.59. The number of aromatic nitrogens is 1. The second kappa shape index (κ2) is 8.65. The average Bonchev–Trinajstić information content (AvgIpc) is 2.99. The Morgan fingerprint density at radius 1 is 1.33 bits per heavy atom. The summed E-state index contributed by atoms with van der Waals surface area (Å²) < 4.78 is 18.1. The van der Waals surface area contributed by atoms with E-state index in [2.05, 4.69) is 10.1 Å². The molecule has 1 atom stereocenters. The lowest BCUT2D eigenvalue weighted by atomic mass is 9.96. The van der Waals surface area contributed by atoms with Crippen LogP contribution in [0.2, 0.25) is 0 Å². The van der Waals surface area contributed by atoms with Crippen LogP contribution in [-0.2, 0) is 6.42 Å². The van der Waals surface area contributed by atoms with Crippen molar-refractivity contribution in [2.45, 2.75) is 33.1 Å². The Morgan fingerprint density at radius 2 is 2.07 bits per heavy atom. The van der Waals surface area contributed by atoms with Crippen molar-refractivity contribution in [3.63, 3.8) is 0 Å². The molecular weight excluding hydrogens is 345 g/mol. The molecule has 0 aliphatic carbocycles. The van der Waals surface area contributed by atoms with Gasteiger partial charge >= 0.3 is 0 Å². The Labute approximate surface area is 160 Å². The van der Waals surface area contributed by atoms with E-state index in [1.54, 1.807) is 18.7 Å². The van der Waals surface area contributed by atoms with Crippen LogP contribution in [0, 0.1) is 25.6 Å². The second-order valence-corrected chi connectivity index (χ2v) is 7.57. The molecular formula is C21H28FN3O2. The molecule has 146 valence electrons. The van der Waals surface area contributed by atoms with Crippen LogP contribution < -0.4 is 0 Å². The van der Waals surface area contributed by atoms with E-state index in [1.165, 1.54) is 12.1 Å². The van der Waals surface area contributed by atoms with Gasteiger partial charge in [0.1, 0.15) is 17.1 Å². The number of benzene rings is 1. The Balaban J connectivity index is 1.51. The number of rotatable bonds is 6. The summed E-state index contributed by atoms with van der Waals surface area (Å²) in [6, 6.07) is 6.74. The van der Waals surface area contributed by atoms with Crippen LogP contribution in [0.3, 0.4) is 0 Å². The zero-order valence-corrected chi connectivity index (χ0v) is 16.4. The first-order chi connectivity index (χ1) is 12.9. The predicted octanol–water partition coefficient (Wildman–Crippen LogP) is 3.46. The number of hydrogen-bond acceptors (Lipinski definition) is 4. The Hall–Kier alpha value is -2.21. The molecule has 1 unspecified atom stereocenters. The molecule has 1 aliphatic heterocycles. The smallest absolute Gasteiger partial charge is 0.259 e. The minimum Gasteiger partial charge on any atom is -0.361 e. The third kappa shape index (κ3) is 4.95. The van der Waals surface area contributed by atoms with Crippen LogP contribution in [0.5, 0.6) is 0 Å². The number of amides is 1. The van der Waals surface area contributed by atoms with Gasteiger partial charge in [0, 0.05) is 26.7 Å². The highest BCUT2D eigenvalue weighted by Gasteiger charge is 2.26. The molecule has 1 aromatic carbocycles. The highest BCUT2D eigenvalue weighted by atomic mass is 19.1. The zero-order valence-electron chi connectivity index (χ0n) is 16.4. The molecule has 2 heterocycles. The number of carbonyl (C=O) groups excluding carboxylic acids is 1. The summed E-state index contributed by atoms with van der Waals surface area (Å²) in [6.45, 7) is 7.34. The molecule has 1 fully saturated rings. The zero-order chi connectivity index (χ0) is 19.4. The lowest BCUT2D eigenvalue weighted by Crippen LogP contribution is -2.42.